The van der Waals surface area contributed by atoms with E-state index >= 15 is 0 Å². The summed E-state index contributed by atoms with van der Waals surface area (Å²) in [6, 6.07) is 7.48. The van der Waals surface area contributed by atoms with Crippen LogP contribution in [0.15, 0.2) is 24.3 Å². The molecule has 0 saturated heterocycles. The van der Waals surface area contributed by atoms with E-state index in [0.717, 1.165) is 11.0 Å². The van der Waals surface area contributed by atoms with Crippen molar-refractivity contribution in [3.8, 4) is 0 Å². The first-order chi connectivity index (χ1) is 10.1. The molecule has 0 bridgehead atoms. The van der Waals surface area contributed by atoms with Crippen LogP contribution in [-0.4, -0.2) is 52.5 Å². The zero-order valence-corrected chi connectivity index (χ0v) is 12.2. The highest BCUT2D eigenvalue weighted by molar-refractivity contribution is 5.79. The average Bonchev–Trinajstić information content (AvgIpc) is 2.90. The molecule has 1 aromatic carbocycles. The molecule has 2 aromatic rings. The number of esters is 1. The van der Waals surface area contributed by atoms with Crippen LogP contribution in [0.1, 0.15) is 12.8 Å². The predicted molar refractivity (Wildman–Crippen MR) is 76.4 cm³/mol. The number of para-hydroxylation sites is 1. The molecule has 7 heteroatoms. The fraction of sp³-hybridized carbons (Fsp3) is 0.429. The van der Waals surface area contributed by atoms with Gasteiger partial charge in [-0.15, -0.1) is 5.10 Å². The first kappa shape index (κ1) is 15.0. The fourth-order valence-electron chi connectivity index (χ4n) is 1.97. The van der Waals surface area contributed by atoms with E-state index in [1.54, 1.807) is 16.6 Å². The molecule has 21 heavy (non-hydrogen) atoms. The van der Waals surface area contributed by atoms with Crippen LogP contribution in [0.3, 0.4) is 0 Å². The largest absolute Gasteiger partial charge is 0.469 e. The maximum Gasteiger partial charge on any atom is 0.305 e. The van der Waals surface area contributed by atoms with Crippen LogP contribution in [0, 0.1) is 0 Å². The summed E-state index contributed by atoms with van der Waals surface area (Å²) >= 11 is 0. The minimum Gasteiger partial charge on any atom is -0.469 e. The quantitative estimate of drug-likeness (QED) is 0.737. The van der Waals surface area contributed by atoms with Crippen molar-refractivity contribution in [2.24, 2.45) is 0 Å². The Balaban J connectivity index is 1.90. The predicted octanol–water partition coefficient (Wildman–Crippen LogP) is 0.843. The summed E-state index contributed by atoms with van der Waals surface area (Å²) in [4.78, 5) is 24.7. The number of ether oxygens (including phenoxy) is 1. The van der Waals surface area contributed by atoms with Gasteiger partial charge < -0.3 is 9.64 Å². The minimum absolute atomic E-state index is 0.0736. The molecule has 1 amide bonds. The van der Waals surface area contributed by atoms with E-state index in [-0.39, 0.29) is 18.4 Å². The van der Waals surface area contributed by atoms with Crippen molar-refractivity contribution in [1.29, 1.82) is 0 Å². The van der Waals surface area contributed by atoms with Crippen molar-refractivity contribution < 1.29 is 14.3 Å². The Morgan fingerprint density at radius 1 is 1.33 bits per heavy atom. The van der Waals surface area contributed by atoms with E-state index in [2.05, 4.69) is 15.0 Å². The zero-order valence-electron chi connectivity index (χ0n) is 12.2. The molecule has 0 aliphatic carbocycles. The molecule has 0 aliphatic heterocycles. The number of hydrogen-bond donors (Lipinski definition) is 0. The summed E-state index contributed by atoms with van der Waals surface area (Å²) in [5, 5.41) is 7.99. The second-order valence-corrected chi connectivity index (χ2v) is 4.73. The van der Waals surface area contributed by atoms with Gasteiger partial charge in [0.1, 0.15) is 12.1 Å². The van der Waals surface area contributed by atoms with Gasteiger partial charge >= 0.3 is 5.97 Å². The number of methoxy groups -OCH3 is 1. The highest BCUT2D eigenvalue weighted by Crippen LogP contribution is 2.09. The molecule has 0 N–H and O–H groups in total. The van der Waals surface area contributed by atoms with E-state index in [9.17, 15) is 9.59 Å². The highest BCUT2D eigenvalue weighted by atomic mass is 16.5. The van der Waals surface area contributed by atoms with Crippen LogP contribution in [0.2, 0.25) is 0 Å². The maximum absolute atomic E-state index is 12.1. The standard InChI is InChI=1S/C14H18N4O3/c1-17(9-5-8-14(20)21-2)13(19)10-18-12-7-4-3-6-11(12)15-16-18/h3-4,6-7H,5,8-10H2,1-2H3. The molecule has 1 aromatic heterocycles. The number of likely N-dealkylation sites (N-methyl/N-ethyl adjacent to an activating group) is 1. The third-order valence-corrected chi connectivity index (χ3v) is 3.23. The van der Waals surface area contributed by atoms with Gasteiger partial charge in [0.15, 0.2) is 0 Å². The third-order valence-electron chi connectivity index (χ3n) is 3.23. The maximum atomic E-state index is 12.1. The van der Waals surface area contributed by atoms with E-state index < -0.39 is 0 Å². The Morgan fingerprint density at radius 3 is 2.86 bits per heavy atom. The first-order valence-corrected chi connectivity index (χ1v) is 6.71. The average molecular weight is 290 g/mol. The summed E-state index contributed by atoms with van der Waals surface area (Å²) in [5.74, 6) is -0.339. The monoisotopic (exact) mass is 290 g/mol. The Morgan fingerprint density at radius 2 is 2.10 bits per heavy atom. The minimum atomic E-state index is -0.266. The molecule has 0 spiro atoms. The number of fused-ring (bicyclic) bond motifs is 1. The van der Waals surface area contributed by atoms with Gasteiger partial charge in [0.05, 0.1) is 12.6 Å². The topological polar surface area (TPSA) is 77.3 Å². The number of carbonyl (C=O) groups excluding carboxylic acids is 2. The van der Waals surface area contributed by atoms with Gasteiger partial charge in [0, 0.05) is 20.0 Å². The lowest BCUT2D eigenvalue weighted by Crippen LogP contribution is -2.31. The van der Waals surface area contributed by atoms with Crippen molar-refractivity contribution in [2.75, 3.05) is 20.7 Å². The smallest absolute Gasteiger partial charge is 0.305 e. The van der Waals surface area contributed by atoms with Crippen molar-refractivity contribution in [2.45, 2.75) is 19.4 Å². The Labute approximate surface area is 122 Å². The number of hydrogen-bond acceptors (Lipinski definition) is 5. The van der Waals surface area contributed by atoms with Gasteiger partial charge in [0.25, 0.3) is 0 Å². The summed E-state index contributed by atoms with van der Waals surface area (Å²) in [7, 11) is 3.06. The van der Waals surface area contributed by atoms with Gasteiger partial charge in [-0.2, -0.15) is 0 Å². The number of aromatic nitrogens is 3. The van der Waals surface area contributed by atoms with Crippen molar-refractivity contribution in [1.82, 2.24) is 19.9 Å². The molecular weight excluding hydrogens is 272 g/mol. The lowest BCUT2D eigenvalue weighted by atomic mass is 10.3. The van der Waals surface area contributed by atoms with Crippen molar-refractivity contribution >= 4 is 22.9 Å². The number of carbonyl (C=O) groups is 2. The molecule has 1 heterocycles. The number of rotatable bonds is 6. The van der Waals surface area contributed by atoms with Crippen molar-refractivity contribution in [3.05, 3.63) is 24.3 Å². The Hall–Kier alpha value is -2.44. The Kier molecular flexibility index (Phi) is 4.86. The summed E-state index contributed by atoms with van der Waals surface area (Å²) in [6.45, 7) is 0.635. The summed E-state index contributed by atoms with van der Waals surface area (Å²) in [5.41, 5.74) is 1.59. The van der Waals surface area contributed by atoms with Gasteiger partial charge in [-0.3, -0.25) is 9.59 Å². The van der Waals surface area contributed by atoms with Crippen LogP contribution in [0.5, 0.6) is 0 Å². The van der Waals surface area contributed by atoms with Crippen LogP contribution in [0.25, 0.3) is 11.0 Å². The second-order valence-electron chi connectivity index (χ2n) is 4.73. The molecule has 7 nitrogen and oxygen atoms in total. The molecule has 0 aliphatic rings. The van der Waals surface area contributed by atoms with Crippen LogP contribution < -0.4 is 0 Å². The molecule has 0 saturated carbocycles. The van der Waals surface area contributed by atoms with E-state index in [1.165, 1.54) is 7.11 Å². The molecule has 0 fully saturated rings. The first-order valence-electron chi connectivity index (χ1n) is 6.71. The molecule has 0 atom stereocenters. The van der Waals surface area contributed by atoms with Crippen LogP contribution in [0.4, 0.5) is 0 Å². The van der Waals surface area contributed by atoms with E-state index in [0.29, 0.717) is 19.4 Å². The summed E-state index contributed by atoms with van der Waals surface area (Å²) in [6.07, 6.45) is 0.882. The number of amides is 1. The van der Waals surface area contributed by atoms with Gasteiger partial charge in [-0.05, 0) is 18.6 Å². The lowest BCUT2D eigenvalue weighted by Gasteiger charge is -2.16. The van der Waals surface area contributed by atoms with Crippen molar-refractivity contribution in [3.63, 3.8) is 0 Å². The normalized spacial score (nSPS) is 10.6. The molecular formula is C14H18N4O3. The van der Waals surface area contributed by atoms with Gasteiger partial charge in [-0.25, -0.2) is 4.68 Å². The molecule has 0 unspecified atom stereocenters. The third kappa shape index (κ3) is 3.77. The molecule has 0 radical (unpaired) electrons. The Bertz CT molecular complexity index is 638. The number of benzene rings is 1. The molecule has 2 rings (SSSR count). The zero-order chi connectivity index (χ0) is 15.2. The van der Waals surface area contributed by atoms with E-state index in [1.807, 2.05) is 24.3 Å². The fourth-order valence-corrected chi connectivity index (χ4v) is 1.97. The van der Waals surface area contributed by atoms with Crippen LogP contribution in [-0.2, 0) is 20.9 Å². The van der Waals surface area contributed by atoms with Crippen LogP contribution >= 0.6 is 0 Å². The SMILES string of the molecule is COC(=O)CCCN(C)C(=O)Cn1nnc2ccccc21. The van der Waals surface area contributed by atoms with E-state index in [4.69, 9.17) is 0 Å². The van der Waals surface area contributed by atoms with Gasteiger partial charge in [0.2, 0.25) is 5.91 Å². The number of nitrogens with zero attached hydrogens (tertiary/aromatic N) is 4. The summed E-state index contributed by atoms with van der Waals surface area (Å²) < 4.78 is 6.14. The van der Waals surface area contributed by atoms with Gasteiger partial charge in [-0.1, -0.05) is 17.3 Å². The lowest BCUT2D eigenvalue weighted by molar-refractivity contribution is -0.141. The second kappa shape index (κ2) is 6.83. The molecule has 112 valence electrons. The highest BCUT2D eigenvalue weighted by Gasteiger charge is 2.13.